The summed E-state index contributed by atoms with van der Waals surface area (Å²) in [7, 11) is 0. The zero-order valence-electron chi connectivity index (χ0n) is 22.0. The third-order valence-corrected chi connectivity index (χ3v) is 7.28. The molecule has 3 aromatic heterocycles. The number of pyridine rings is 2. The average molecular weight is 564 g/mol. The van der Waals surface area contributed by atoms with Crippen LogP contribution in [0.2, 0.25) is 0 Å². The van der Waals surface area contributed by atoms with E-state index in [0.717, 1.165) is 43.4 Å². The highest BCUT2D eigenvalue weighted by molar-refractivity contribution is 6.03. The number of aryl methyl sites for hydroxylation is 1. The number of carboxylic acids is 1. The van der Waals surface area contributed by atoms with Crippen molar-refractivity contribution in [2.45, 2.75) is 51.4 Å². The molecule has 2 aliphatic heterocycles. The predicted molar refractivity (Wildman–Crippen MR) is 139 cm³/mol. The zero-order chi connectivity index (χ0) is 28.8. The van der Waals surface area contributed by atoms with Crippen molar-refractivity contribution in [2.24, 2.45) is 0 Å². The second kappa shape index (κ2) is 10.6. The van der Waals surface area contributed by atoms with E-state index < -0.39 is 18.0 Å². The summed E-state index contributed by atoms with van der Waals surface area (Å²) in [4.78, 5) is 37.5. The van der Waals surface area contributed by atoms with Crippen LogP contribution in [0.3, 0.4) is 0 Å². The molecule has 6 rings (SSSR count). The zero-order valence-corrected chi connectivity index (χ0v) is 22.0. The van der Waals surface area contributed by atoms with Gasteiger partial charge in [-0.2, -0.15) is 13.2 Å². The minimum absolute atomic E-state index is 0.125. The molecule has 3 aromatic rings. The SMILES string of the molecule is Cc1cn2cc(NC(=O)N3CCc4c(N5CCN(C6CC6)[C@@H](C)C5)ccnc43)c(F)cc2n1.O=C(O)C(F)(F)F. The van der Waals surface area contributed by atoms with Crippen LogP contribution < -0.4 is 15.1 Å². The topological polar surface area (TPSA) is 106 Å². The smallest absolute Gasteiger partial charge is 0.475 e. The van der Waals surface area contributed by atoms with Crippen LogP contribution in [-0.2, 0) is 11.2 Å². The third-order valence-electron chi connectivity index (χ3n) is 7.28. The molecule has 0 unspecified atom stereocenters. The van der Waals surface area contributed by atoms with Gasteiger partial charge in [-0.3, -0.25) is 9.80 Å². The largest absolute Gasteiger partial charge is 0.490 e. The lowest BCUT2D eigenvalue weighted by molar-refractivity contribution is -0.192. The fourth-order valence-corrected chi connectivity index (χ4v) is 5.32. The lowest BCUT2D eigenvalue weighted by Crippen LogP contribution is -2.52. The van der Waals surface area contributed by atoms with E-state index in [4.69, 9.17) is 9.90 Å². The van der Waals surface area contributed by atoms with Gasteiger partial charge in [0.1, 0.15) is 11.5 Å². The van der Waals surface area contributed by atoms with Gasteiger partial charge in [-0.05, 0) is 39.2 Å². The molecule has 1 atom stereocenters. The second-order valence-corrected chi connectivity index (χ2v) is 10.2. The van der Waals surface area contributed by atoms with Crippen molar-refractivity contribution in [3.8, 4) is 0 Å². The van der Waals surface area contributed by atoms with Crippen LogP contribution in [0.15, 0.2) is 30.7 Å². The number of carbonyl (C=O) groups excluding carboxylic acids is 1. The highest BCUT2D eigenvalue weighted by Gasteiger charge is 2.38. The maximum Gasteiger partial charge on any atom is 0.490 e. The number of alkyl halides is 3. The number of aromatic nitrogens is 3. The van der Waals surface area contributed by atoms with E-state index in [-0.39, 0.29) is 11.7 Å². The lowest BCUT2D eigenvalue weighted by Gasteiger charge is -2.41. The minimum Gasteiger partial charge on any atom is -0.475 e. The summed E-state index contributed by atoms with van der Waals surface area (Å²) in [5.74, 6) is -2.60. The number of anilines is 3. The Morgan fingerprint density at radius 2 is 1.88 bits per heavy atom. The van der Waals surface area contributed by atoms with Crippen molar-refractivity contribution in [3.05, 3.63) is 47.8 Å². The highest BCUT2D eigenvalue weighted by Crippen LogP contribution is 2.37. The summed E-state index contributed by atoms with van der Waals surface area (Å²) >= 11 is 0. The first-order chi connectivity index (χ1) is 18.9. The summed E-state index contributed by atoms with van der Waals surface area (Å²) in [5.41, 5.74) is 3.69. The van der Waals surface area contributed by atoms with E-state index in [1.165, 1.54) is 24.6 Å². The molecule has 14 heteroatoms. The molecule has 1 aliphatic carbocycles. The van der Waals surface area contributed by atoms with E-state index in [0.29, 0.717) is 24.1 Å². The molecule has 1 saturated heterocycles. The fraction of sp³-hybridized carbons (Fsp3) is 0.462. The maximum absolute atomic E-state index is 14.6. The minimum atomic E-state index is -5.08. The Hall–Kier alpha value is -3.94. The van der Waals surface area contributed by atoms with Gasteiger partial charge in [-0.15, -0.1) is 0 Å². The Kier molecular flexibility index (Phi) is 7.29. The van der Waals surface area contributed by atoms with Gasteiger partial charge in [0.25, 0.3) is 0 Å². The summed E-state index contributed by atoms with van der Waals surface area (Å²) in [6.45, 7) is 7.71. The molecular weight excluding hydrogens is 534 g/mol. The monoisotopic (exact) mass is 563 g/mol. The van der Waals surface area contributed by atoms with E-state index in [2.05, 4.69) is 38.1 Å². The number of nitrogens with one attached hydrogen (secondary N) is 1. The van der Waals surface area contributed by atoms with Crippen molar-refractivity contribution in [1.29, 1.82) is 0 Å². The van der Waals surface area contributed by atoms with Crippen LogP contribution in [0, 0.1) is 12.7 Å². The fourth-order valence-electron chi connectivity index (χ4n) is 5.32. The van der Waals surface area contributed by atoms with Gasteiger partial charge in [-0.25, -0.2) is 23.9 Å². The quantitative estimate of drug-likeness (QED) is 0.463. The molecule has 214 valence electrons. The molecular formula is C26H29F4N7O3. The van der Waals surface area contributed by atoms with Crippen LogP contribution in [0.4, 0.5) is 39.5 Å². The summed E-state index contributed by atoms with van der Waals surface area (Å²) in [6, 6.07) is 4.31. The first-order valence-electron chi connectivity index (χ1n) is 12.9. The van der Waals surface area contributed by atoms with Crippen molar-refractivity contribution in [2.75, 3.05) is 41.3 Å². The molecule has 10 nitrogen and oxygen atoms in total. The first-order valence-corrected chi connectivity index (χ1v) is 12.9. The second-order valence-electron chi connectivity index (χ2n) is 10.2. The lowest BCUT2D eigenvalue weighted by atomic mass is 10.1. The summed E-state index contributed by atoms with van der Waals surface area (Å²) in [5, 5.41) is 9.85. The van der Waals surface area contributed by atoms with Gasteiger partial charge in [0, 0.05) is 74.2 Å². The van der Waals surface area contributed by atoms with Crippen LogP contribution in [0.25, 0.3) is 5.65 Å². The number of amides is 2. The van der Waals surface area contributed by atoms with Gasteiger partial charge in [0.2, 0.25) is 0 Å². The number of carbonyl (C=O) groups is 2. The van der Waals surface area contributed by atoms with Crippen molar-refractivity contribution < 1.29 is 32.3 Å². The van der Waals surface area contributed by atoms with Gasteiger partial charge in [-0.1, -0.05) is 0 Å². The predicted octanol–water partition coefficient (Wildman–Crippen LogP) is 4.08. The van der Waals surface area contributed by atoms with Crippen LogP contribution in [0.5, 0.6) is 0 Å². The van der Waals surface area contributed by atoms with Crippen LogP contribution in [0.1, 0.15) is 31.0 Å². The van der Waals surface area contributed by atoms with Gasteiger partial charge in [0.15, 0.2) is 5.82 Å². The molecule has 2 fully saturated rings. The standard InChI is InChI=1S/C24H28FN7O.C2HF3O2/c1-15-12-30-14-20(19(25)11-22(30)27-15)28-24(33)32-8-6-18-21(5-7-26-23(18)32)29-9-10-31(16(2)13-29)17-3-4-17;3-2(4,5)1(6)7/h5,7,11-12,14,16-17H,3-4,6,8-10,13H2,1-2H3,(H,28,33);(H,6,7)/t16-;/m0./s1. The van der Waals surface area contributed by atoms with E-state index in [1.807, 2.05) is 6.92 Å². The molecule has 0 bridgehead atoms. The molecule has 0 radical (unpaired) electrons. The number of piperazine rings is 1. The maximum atomic E-state index is 14.6. The third kappa shape index (κ3) is 5.67. The number of carboxylic acid groups (broad SMARTS) is 1. The molecule has 3 aliphatic rings. The molecule has 1 saturated carbocycles. The van der Waals surface area contributed by atoms with Crippen molar-refractivity contribution in [3.63, 3.8) is 0 Å². The number of imidazole rings is 1. The highest BCUT2D eigenvalue weighted by atomic mass is 19.4. The Morgan fingerprint density at radius 1 is 1.15 bits per heavy atom. The average Bonchev–Trinajstić information content (AvgIpc) is 3.52. The van der Waals surface area contributed by atoms with Crippen LogP contribution >= 0.6 is 0 Å². The van der Waals surface area contributed by atoms with Gasteiger partial charge in [0.05, 0.1) is 11.4 Å². The molecule has 40 heavy (non-hydrogen) atoms. The van der Waals surface area contributed by atoms with E-state index in [1.54, 1.807) is 27.9 Å². The van der Waals surface area contributed by atoms with E-state index >= 15 is 0 Å². The van der Waals surface area contributed by atoms with E-state index in [9.17, 15) is 22.4 Å². The van der Waals surface area contributed by atoms with Gasteiger partial charge < -0.3 is 19.7 Å². The molecule has 2 amide bonds. The molecule has 0 spiro atoms. The number of hydrogen-bond donors (Lipinski definition) is 2. The number of fused-ring (bicyclic) bond motifs is 2. The Morgan fingerprint density at radius 3 is 2.52 bits per heavy atom. The number of nitrogens with zero attached hydrogens (tertiary/aromatic N) is 6. The Labute approximate surface area is 227 Å². The van der Waals surface area contributed by atoms with Crippen molar-refractivity contribution >= 4 is 34.8 Å². The first kappa shape index (κ1) is 27.6. The van der Waals surface area contributed by atoms with Crippen molar-refractivity contribution in [1.82, 2.24) is 19.3 Å². The molecule has 0 aromatic carbocycles. The normalized spacial score (nSPS) is 19.3. The molecule has 5 heterocycles. The number of urea groups is 1. The Balaban J connectivity index is 0.000000411. The van der Waals surface area contributed by atoms with Gasteiger partial charge >= 0.3 is 18.2 Å². The molecule has 2 N–H and O–H groups in total. The summed E-state index contributed by atoms with van der Waals surface area (Å²) < 4.78 is 48.0. The van der Waals surface area contributed by atoms with Crippen LogP contribution in [-0.4, -0.2) is 80.8 Å². The Bertz CT molecular complexity index is 1440. The number of aliphatic carboxylic acids is 1. The number of rotatable bonds is 3. The number of halogens is 4. The summed E-state index contributed by atoms with van der Waals surface area (Å²) in [6.07, 6.45) is 3.45. The number of hydrogen-bond acceptors (Lipinski definition) is 6.